The lowest BCUT2D eigenvalue weighted by Gasteiger charge is -2.30. The molecule has 0 bridgehead atoms. The molecule has 1 saturated heterocycles. The van der Waals surface area contributed by atoms with E-state index in [1.165, 1.54) is 5.01 Å². The molecule has 22 heavy (non-hydrogen) atoms. The maximum atomic E-state index is 12.6. The third-order valence-corrected chi connectivity index (χ3v) is 3.91. The highest BCUT2D eigenvalue weighted by Crippen LogP contribution is 2.49. The first kappa shape index (κ1) is 14.9. The molecule has 2 heterocycles. The van der Waals surface area contributed by atoms with Crippen LogP contribution in [0, 0.1) is 5.92 Å². The van der Waals surface area contributed by atoms with Gasteiger partial charge in [-0.2, -0.15) is 0 Å². The van der Waals surface area contributed by atoms with E-state index >= 15 is 0 Å². The van der Waals surface area contributed by atoms with Crippen molar-refractivity contribution >= 4 is 12.0 Å². The number of ether oxygens (including phenoxy) is 1. The molecule has 1 aliphatic heterocycles. The molecule has 1 aromatic heterocycles. The van der Waals surface area contributed by atoms with Crippen LogP contribution in [0.1, 0.15) is 45.3 Å². The lowest BCUT2D eigenvalue weighted by atomic mass is 10.2. The molecule has 2 atom stereocenters. The van der Waals surface area contributed by atoms with Crippen LogP contribution in [-0.2, 0) is 9.53 Å². The molecular formula is C16H22N2O4. The minimum absolute atomic E-state index is 0.00948. The summed E-state index contributed by atoms with van der Waals surface area (Å²) < 4.78 is 10.7. The van der Waals surface area contributed by atoms with Gasteiger partial charge in [0.25, 0.3) is 0 Å². The van der Waals surface area contributed by atoms with Gasteiger partial charge in [-0.15, -0.1) is 0 Å². The van der Waals surface area contributed by atoms with Crippen molar-refractivity contribution in [2.45, 2.75) is 45.1 Å². The Hall–Kier alpha value is -1.98. The Morgan fingerprint density at radius 1 is 1.27 bits per heavy atom. The molecule has 0 radical (unpaired) electrons. The summed E-state index contributed by atoms with van der Waals surface area (Å²) in [6, 6.07) is 3.73. The molecule has 6 nitrogen and oxygen atoms in total. The van der Waals surface area contributed by atoms with E-state index in [1.54, 1.807) is 11.3 Å². The molecule has 3 rings (SSSR count). The van der Waals surface area contributed by atoms with E-state index < -0.39 is 11.7 Å². The Morgan fingerprint density at radius 2 is 2.00 bits per heavy atom. The Balaban J connectivity index is 1.64. The van der Waals surface area contributed by atoms with E-state index in [0.717, 1.165) is 18.6 Å². The van der Waals surface area contributed by atoms with Crippen LogP contribution in [0.5, 0.6) is 0 Å². The van der Waals surface area contributed by atoms with Crippen molar-refractivity contribution in [3.63, 3.8) is 0 Å². The molecule has 2 aliphatic rings. The number of hydrogen-bond acceptors (Lipinski definition) is 4. The minimum atomic E-state index is -0.565. The van der Waals surface area contributed by atoms with Gasteiger partial charge in [0.2, 0.25) is 5.91 Å². The summed E-state index contributed by atoms with van der Waals surface area (Å²) >= 11 is 0. The van der Waals surface area contributed by atoms with Crippen LogP contribution < -0.4 is 0 Å². The number of carbonyl (C=O) groups excluding carboxylic acids is 2. The zero-order chi connectivity index (χ0) is 15.9. The van der Waals surface area contributed by atoms with Crippen LogP contribution >= 0.6 is 0 Å². The summed E-state index contributed by atoms with van der Waals surface area (Å²) in [6.45, 7) is 6.56. The fourth-order valence-corrected chi connectivity index (χ4v) is 2.82. The van der Waals surface area contributed by atoms with Gasteiger partial charge in [0.05, 0.1) is 12.2 Å². The smallest absolute Gasteiger partial charge is 0.429 e. The van der Waals surface area contributed by atoms with Crippen LogP contribution in [-0.4, -0.2) is 40.7 Å². The molecule has 0 spiro atoms. The van der Waals surface area contributed by atoms with Crippen LogP contribution in [0.4, 0.5) is 4.79 Å². The Kier molecular flexibility index (Phi) is 3.62. The summed E-state index contributed by atoms with van der Waals surface area (Å²) in [5, 5.41) is 2.98. The maximum Gasteiger partial charge on any atom is 0.429 e. The van der Waals surface area contributed by atoms with Gasteiger partial charge in [0, 0.05) is 19.0 Å². The van der Waals surface area contributed by atoms with E-state index in [-0.39, 0.29) is 17.7 Å². The molecule has 0 N–H and O–H groups in total. The molecule has 0 unspecified atom stereocenters. The topological polar surface area (TPSA) is 63.0 Å². The van der Waals surface area contributed by atoms with Gasteiger partial charge in [-0.05, 0) is 45.7 Å². The molecule has 2 amide bonds. The summed E-state index contributed by atoms with van der Waals surface area (Å²) in [5.74, 6) is 0.892. The summed E-state index contributed by atoms with van der Waals surface area (Å²) in [5.41, 5.74) is -0.565. The Bertz CT molecular complexity index is 561. The fraction of sp³-hybridized carbons (Fsp3) is 0.625. The number of hydrazine groups is 1. The largest absolute Gasteiger partial charge is 0.469 e. The normalized spacial score (nSPS) is 24.5. The third-order valence-electron chi connectivity index (χ3n) is 3.91. The number of rotatable bonds is 2. The SMILES string of the molecule is CC(C)(C)OC(=O)N1CCCN1C(=O)[C@H]1C[C@H]1c1ccco1. The second-order valence-electron chi connectivity index (χ2n) is 6.88. The summed E-state index contributed by atoms with van der Waals surface area (Å²) in [7, 11) is 0. The zero-order valence-electron chi connectivity index (χ0n) is 13.2. The second-order valence-corrected chi connectivity index (χ2v) is 6.88. The van der Waals surface area contributed by atoms with E-state index in [2.05, 4.69) is 0 Å². The number of nitrogens with zero attached hydrogens (tertiary/aromatic N) is 2. The van der Waals surface area contributed by atoms with Crippen molar-refractivity contribution in [3.05, 3.63) is 24.2 Å². The number of amides is 2. The fourth-order valence-electron chi connectivity index (χ4n) is 2.82. The van der Waals surface area contributed by atoms with Gasteiger partial charge in [0.1, 0.15) is 11.4 Å². The van der Waals surface area contributed by atoms with Gasteiger partial charge in [-0.1, -0.05) is 0 Å². The van der Waals surface area contributed by atoms with Gasteiger partial charge in [-0.25, -0.2) is 14.8 Å². The molecule has 1 aliphatic carbocycles. The van der Waals surface area contributed by atoms with Gasteiger partial charge in [-0.3, -0.25) is 4.79 Å². The number of carbonyl (C=O) groups is 2. The average Bonchev–Trinajstić information content (AvgIpc) is 2.89. The highest BCUT2D eigenvalue weighted by atomic mass is 16.6. The highest BCUT2D eigenvalue weighted by molar-refractivity contribution is 5.85. The summed E-state index contributed by atoms with van der Waals surface area (Å²) in [6.07, 6.45) is 2.74. The van der Waals surface area contributed by atoms with E-state index in [9.17, 15) is 9.59 Å². The zero-order valence-corrected chi connectivity index (χ0v) is 13.2. The van der Waals surface area contributed by atoms with Crippen molar-refractivity contribution < 1.29 is 18.7 Å². The highest BCUT2D eigenvalue weighted by Gasteiger charge is 2.50. The van der Waals surface area contributed by atoms with Crippen molar-refractivity contribution in [1.29, 1.82) is 0 Å². The molecule has 6 heteroatoms. The molecule has 1 saturated carbocycles. The van der Waals surface area contributed by atoms with Crippen LogP contribution in [0.25, 0.3) is 0 Å². The Labute approximate surface area is 130 Å². The van der Waals surface area contributed by atoms with Crippen molar-refractivity contribution in [2.24, 2.45) is 5.92 Å². The van der Waals surface area contributed by atoms with Gasteiger partial charge in [0.15, 0.2) is 0 Å². The molecular weight excluding hydrogens is 284 g/mol. The third kappa shape index (κ3) is 2.96. The molecule has 120 valence electrons. The van der Waals surface area contributed by atoms with E-state index in [0.29, 0.717) is 13.1 Å². The maximum absolute atomic E-state index is 12.6. The predicted molar refractivity (Wildman–Crippen MR) is 78.8 cm³/mol. The molecule has 0 aromatic carbocycles. The minimum Gasteiger partial charge on any atom is -0.469 e. The number of furan rings is 1. The summed E-state index contributed by atoms with van der Waals surface area (Å²) in [4.78, 5) is 24.8. The van der Waals surface area contributed by atoms with Crippen molar-refractivity contribution in [2.75, 3.05) is 13.1 Å². The predicted octanol–water partition coefficient (Wildman–Crippen LogP) is 2.77. The van der Waals surface area contributed by atoms with Crippen LogP contribution in [0.2, 0.25) is 0 Å². The van der Waals surface area contributed by atoms with Gasteiger partial charge >= 0.3 is 6.09 Å². The first-order chi connectivity index (χ1) is 10.4. The Morgan fingerprint density at radius 3 is 2.64 bits per heavy atom. The monoisotopic (exact) mass is 306 g/mol. The average molecular weight is 306 g/mol. The van der Waals surface area contributed by atoms with E-state index in [4.69, 9.17) is 9.15 Å². The first-order valence-corrected chi connectivity index (χ1v) is 7.72. The first-order valence-electron chi connectivity index (χ1n) is 7.72. The van der Waals surface area contributed by atoms with Crippen molar-refractivity contribution in [1.82, 2.24) is 10.0 Å². The lowest BCUT2D eigenvalue weighted by Crippen LogP contribution is -2.47. The molecule has 2 fully saturated rings. The second kappa shape index (κ2) is 5.34. The standard InChI is InChI=1S/C16H22N2O4/c1-16(2,3)22-15(20)18-8-5-7-17(18)14(19)12-10-11(12)13-6-4-9-21-13/h4,6,9,11-12H,5,7-8,10H2,1-3H3/t11-,12+/m1/s1. The van der Waals surface area contributed by atoms with Crippen molar-refractivity contribution in [3.8, 4) is 0 Å². The molecule has 1 aromatic rings. The van der Waals surface area contributed by atoms with Crippen LogP contribution in [0.3, 0.4) is 0 Å². The lowest BCUT2D eigenvalue weighted by molar-refractivity contribution is -0.144. The van der Waals surface area contributed by atoms with Gasteiger partial charge < -0.3 is 9.15 Å². The van der Waals surface area contributed by atoms with Crippen LogP contribution in [0.15, 0.2) is 22.8 Å². The number of hydrogen-bond donors (Lipinski definition) is 0. The van der Waals surface area contributed by atoms with E-state index in [1.807, 2.05) is 32.9 Å². The quantitative estimate of drug-likeness (QED) is 0.843.